The first kappa shape index (κ1) is 13.1. The Bertz CT molecular complexity index is 218. The molecule has 1 rings (SSSR count). The van der Waals surface area contributed by atoms with Crippen LogP contribution < -0.4 is 0 Å². The lowest BCUT2D eigenvalue weighted by Crippen LogP contribution is -2.60. The molecule has 0 spiro atoms. The van der Waals surface area contributed by atoms with Gasteiger partial charge >= 0.3 is 0 Å². The first-order chi connectivity index (χ1) is 6.93. The summed E-state index contributed by atoms with van der Waals surface area (Å²) in [5.41, 5.74) is 0.203. The Morgan fingerprint density at radius 3 is 2.33 bits per heavy atom. The highest BCUT2D eigenvalue weighted by Crippen LogP contribution is 2.39. The van der Waals surface area contributed by atoms with Gasteiger partial charge in [-0.05, 0) is 27.2 Å². The van der Waals surface area contributed by atoms with Gasteiger partial charge in [-0.2, -0.15) is 0 Å². The van der Waals surface area contributed by atoms with Crippen LogP contribution in [-0.4, -0.2) is 34.3 Å². The molecule has 88 valence electrons. The molecule has 0 aliphatic carbocycles. The number of nitrogens with zero attached hydrogens (tertiary/aromatic N) is 1. The van der Waals surface area contributed by atoms with Crippen LogP contribution in [-0.2, 0) is 4.74 Å². The molecule has 1 fully saturated rings. The van der Waals surface area contributed by atoms with Crippen LogP contribution in [0.1, 0.15) is 34.1 Å². The number of likely N-dealkylation sites (N-methyl/N-ethyl adjacent to an activating group) is 1. The fourth-order valence-corrected chi connectivity index (χ4v) is 2.96. The van der Waals surface area contributed by atoms with Gasteiger partial charge in [0.05, 0.1) is 18.8 Å². The Morgan fingerprint density at radius 1 is 1.47 bits per heavy atom. The maximum atomic E-state index is 5.39. The van der Waals surface area contributed by atoms with Crippen molar-refractivity contribution in [3.05, 3.63) is 12.7 Å². The predicted molar refractivity (Wildman–Crippen MR) is 68.1 cm³/mol. The van der Waals surface area contributed by atoms with Crippen molar-refractivity contribution in [2.24, 2.45) is 0 Å². The number of ether oxygens (including phenoxy) is 1. The van der Waals surface area contributed by atoms with E-state index in [2.05, 4.69) is 38.6 Å². The van der Waals surface area contributed by atoms with Crippen molar-refractivity contribution in [2.45, 2.75) is 44.4 Å². The number of rotatable bonds is 5. The minimum atomic E-state index is 0.203. The van der Waals surface area contributed by atoms with Gasteiger partial charge in [0.1, 0.15) is 0 Å². The van der Waals surface area contributed by atoms with Crippen LogP contribution in [0.4, 0.5) is 0 Å². The van der Waals surface area contributed by atoms with E-state index in [9.17, 15) is 0 Å². The molecule has 0 aromatic rings. The van der Waals surface area contributed by atoms with Crippen molar-refractivity contribution in [1.29, 1.82) is 0 Å². The molecule has 0 unspecified atom stereocenters. The van der Waals surface area contributed by atoms with Crippen LogP contribution in [0.5, 0.6) is 0 Å². The van der Waals surface area contributed by atoms with Crippen LogP contribution in [0, 0.1) is 0 Å². The molecule has 2 nitrogen and oxygen atoms in total. The van der Waals surface area contributed by atoms with Crippen molar-refractivity contribution in [3.63, 3.8) is 0 Å². The standard InChI is InChI=1S/C12H23NOS/c1-6-8-12(9-14-10-12)13(7-2)15-11(3,4)5/h6H,1,7-10H2,2-5H3. The van der Waals surface area contributed by atoms with Crippen LogP contribution in [0.15, 0.2) is 12.7 Å². The largest absolute Gasteiger partial charge is 0.377 e. The summed E-state index contributed by atoms with van der Waals surface area (Å²) in [4.78, 5) is 0. The van der Waals surface area contributed by atoms with Gasteiger partial charge in [0, 0.05) is 11.3 Å². The molecule has 1 aliphatic heterocycles. The second-order valence-electron chi connectivity index (χ2n) is 5.11. The van der Waals surface area contributed by atoms with Gasteiger partial charge < -0.3 is 4.74 Å². The summed E-state index contributed by atoms with van der Waals surface area (Å²) in [6.07, 6.45) is 3.03. The number of hydrogen-bond acceptors (Lipinski definition) is 3. The molecule has 1 aliphatic rings. The molecule has 0 amide bonds. The monoisotopic (exact) mass is 229 g/mol. The Labute approximate surface area is 98.2 Å². The SMILES string of the molecule is C=CCC1(N(CC)SC(C)(C)C)COC1. The average Bonchev–Trinajstić information content (AvgIpc) is 2.06. The Morgan fingerprint density at radius 2 is 2.07 bits per heavy atom. The summed E-state index contributed by atoms with van der Waals surface area (Å²) in [5.74, 6) is 0. The fraction of sp³-hybridized carbons (Fsp3) is 0.833. The average molecular weight is 229 g/mol. The van der Waals surface area contributed by atoms with Crippen molar-refractivity contribution < 1.29 is 4.74 Å². The van der Waals surface area contributed by atoms with Crippen molar-refractivity contribution in [2.75, 3.05) is 19.8 Å². The van der Waals surface area contributed by atoms with Crippen molar-refractivity contribution >= 4 is 11.9 Å². The summed E-state index contributed by atoms with van der Waals surface area (Å²) in [6, 6.07) is 0. The lowest BCUT2D eigenvalue weighted by Gasteiger charge is -2.50. The van der Waals surface area contributed by atoms with Crippen molar-refractivity contribution in [1.82, 2.24) is 4.31 Å². The molecule has 0 aromatic carbocycles. The van der Waals surface area contributed by atoms with E-state index in [1.807, 2.05) is 18.0 Å². The van der Waals surface area contributed by atoms with E-state index in [0.29, 0.717) is 0 Å². The van der Waals surface area contributed by atoms with E-state index >= 15 is 0 Å². The van der Waals surface area contributed by atoms with E-state index in [-0.39, 0.29) is 10.3 Å². The first-order valence-electron chi connectivity index (χ1n) is 5.59. The molecule has 0 saturated carbocycles. The second-order valence-corrected chi connectivity index (χ2v) is 6.96. The molecule has 0 radical (unpaired) electrons. The molecule has 0 atom stereocenters. The minimum Gasteiger partial charge on any atom is -0.377 e. The van der Waals surface area contributed by atoms with E-state index in [4.69, 9.17) is 4.74 Å². The van der Waals surface area contributed by atoms with Gasteiger partial charge in [-0.25, -0.2) is 4.31 Å². The Hall–Kier alpha value is 0.01000. The molecule has 1 heterocycles. The Balaban J connectivity index is 2.66. The quantitative estimate of drug-likeness (QED) is 0.531. The molecule has 15 heavy (non-hydrogen) atoms. The summed E-state index contributed by atoms with van der Waals surface area (Å²) in [6.45, 7) is 15.6. The summed E-state index contributed by atoms with van der Waals surface area (Å²) >= 11 is 1.93. The van der Waals surface area contributed by atoms with E-state index < -0.39 is 0 Å². The van der Waals surface area contributed by atoms with E-state index in [1.54, 1.807) is 0 Å². The third-order valence-electron chi connectivity index (χ3n) is 2.47. The number of hydrogen-bond donors (Lipinski definition) is 0. The second kappa shape index (κ2) is 4.89. The highest BCUT2D eigenvalue weighted by atomic mass is 32.2. The Kier molecular flexibility index (Phi) is 4.27. The zero-order valence-electron chi connectivity index (χ0n) is 10.4. The van der Waals surface area contributed by atoms with Crippen LogP contribution in [0.2, 0.25) is 0 Å². The minimum absolute atomic E-state index is 0.203. The maximum absolute atomic E-state index is 5.39. The molecular weight excluding hydrogens is 206 g/mol. The van der Waals surface area contributed by atoms with Gasteiger partial charge in [-0.3, -0.25) is 0 Å². The normalized spacial score (nSPS) is 20.1. The van der Waals surface area contributed by atoms with Crippen LogP contribution >= 0.6 is 11.9 Å². The molecule has 0 bridgehead atoms. The molecule has 0 aromatic heterocycles. The van der Waals surface area contributed by atoms with Gasteiger partial charge in [0.15, 0.2) is 0 Å². The zero-order chi connectivity index (χ0) is 11.5. The highest BCUT2D eigenvalue weighted by Gasteiger charge is 2.44. The third-order valence-corrected chi connectivity index (χ3v) is 3.88. The first-order valence-corrected chi connectivity index (χ1v) is 6.36. The van der Waals surface area contributed by atoms with Gasteiger partial charge in [-0.1, -0.05) is 24.9 Å². The van der Waals surface area contributed by atoms with Gasteiger partial charge in [-0.15, -0.1) is 6.58 Å². The summed E-state index contributed by atoms with van der Waals surface area (Å²) < 4.78 is 8.12. The predicted octanol–water partition coefficient (Wildman–Crippen LogP) is 3.10. The summed E-state index contributed by atoms with van der Waals surface area (Å²) in [7, 11) is 0. The molecule has 3 heteroatoms. The topological polar surface area (TPSA) is 12.5 Å². The van der Waals surface area contributed by atoms with Crippen LogP contribution in [0.25, 0.3) is 0 Å². The fourth-order valence-electron chi connectivity index (χ4n) is 1.80. The molecule has 0 N–H and O–H groups in total. The lowest BCUT2D eigenvalue weighted by atomic mass is 9.93. The smallest absolute Gasteiger partial charge is 0.0813 e. The lowest BCUT2D eigenvalue weighted by molar-refractivity contribution is -0.105. The molecular formula is C12H23NOS. The third kappa shape index (κ3) is 3.23. The highest BCUT2D eigenvalue weighted by molar-refractivity contribution is 7.98. The van der Waals surface area contributed by atoms with Crippen LogP contribution in [0.3, 0.4) is 0 Å². The van der Waals surface area contributed by atoms with E-state index in [1.165, 1.54) is 0 Å². The van der Waals surface area contributed by atoms with Gasteiger partial charge in [0.25, 0.3) is 0 Å². The van der Waals surface area contributed by atoms with Gasteiger partial charge in [0.2, 0.25) is 0 Å². The zero-order valence-corrected chi connectivity index (χ0v) is 11.2. The maximum Gasteiger partial charge on any atom is 0.0813 e. The van der Waals surface area contributed by atoms with E-state index in [0.717, 1.165) is 26.2 Å². The van der Waals surface area contributed by atoms with Crippen molar-refractivity contribution in [3.8, 4) is 0 Å². The molecule has 1 saturated heterocycles. The summed E-state index contributed by atoms with van der Waals surface area (Å²) in [5, 5.41) is 0.